The quantitative estimate of drug-likeness (QED) is 0.793. The van der Waals surface area contributed by atoms with E-state index in [4.69, 9.17) is 4.74 Å². The molecule has 2 nitrogen and oxygen atoms in total. The standard InChI is InChI=1S/C13H18O2.C2H6/c1-10(14)9-15-12-7-5-11(6-8-12)13(2,3)4;1-2/h5-8H,9H2,1-4H3;1-2H3. The maximum Gasteiger partial charge on any atom is 0.167 e. The molecule has 1 aromatic carbocycles. The van der Waals surface area contributed by atoms with E-state index in [0.717, 1.165) is 5.75 Å². The van der Waals surface area contributed by atoms with Gasteiger partial charge < -0.3 is 4.74 Å². The van der Waals surface area contributed by atoms with Crippen LogP contribution in [-0.4, -0.2) is 12.4 Å². The van der Waals surface area contributed by atoms with Crippen LogP contribution in [0.2, 0.25) is 0 Å². The van der Waals surface area contributed by atoms with Gasteiger partial charge in [-0.05, 0) is 30.0 Å². The van der Waals surface area contributed by atoms with Crippen LogP contribution in [0.3, 0.4) is 0 Å². The van der Waals surface area contributed by atoms with Gasteiger partial charge in [0.2, 0.25) is 0 Å². The third-order valence-electron chi connectivity index (χ3n) is 2.16. The fourth-order valence-electron chi connectivity index (χ4n) is 1.24. The molecule has 0 fully saturated rings. The number of hydrogen-bond donors (Lipinski definition) is 0. The summed E-state index contributed by atoms with van der Waals surface area (Å²) in [6.07, 6.45) is 0. The van der Waals surface area contributed by atoms with E-state index in [1.165, 1.54) is 12.5 Å². The summed E-state index contributed by atoms with van der Waals surface area (Å²) in [4.78, 5) is 10.7. The molecular weight excluding hydrogens is 212 g/mol. The number of carbonyl (C=O) groups excluding carboxylic acids is 1. The Kier molecular flexibility index (Phi) is 6.55. The van der Waals surface area contributed by atoms with Crippen molar-refractivity contribution in [1.82, 2.24) is 0 Å². The summed E-state index contributed by atoms with van der Waals surface area (Å²) in [6.45, 7) is 12.2. The average Bonchev–Trinajstić information content (AvgIpc) is 2.28. The van der Waals surface area contributed by atoms with E-state index in [2.05, 4.69) is 20.8 Å². The van der Waals surface area contributed by atoms with Crippen LogP contribution in [0.1, 0.15) is 47.1 Å². The highest BCUT2D eigenvalue weighted by atomic mass is 16.5. The Balaban J connectivity index is 0.00000121. The van der Waals surface area contributed by atoms with Gasteiger partial charge in [0, 0.05) is 0 Å². The Labute approximate surface area is 105 Å². The van der Waals surface area contributed by atoms with Gasteiger partial charge in [-0.2, -0.15) is 0 Å². The zero-order valence-corrected chi connectivity index (χ0v) is 11.8. The van der Waals surface area contributed by atoms with Gasteiger partial charge in [-0.1, -0.05) is 46.8 Å². The molecule has 2 heteroatoms. The minimum absolute atomic E-state index is 0.0369. The van der Waals surface area contributed by atoms with Crippen molar-refractivity contribution in [2.45, 2.75) is 47.0 Å². The summed E-state index contributed by atoms with van der Waals surface area (Å²) in [5, 5.41) is 0. The Morgan fingerprint density at radius 3 is 1.94 bits per heavy atom. The van der Waals surface area contributed by atoms with Gasteiger partial charge in [0.05, 0.1) is 0 Å². The number of hydrogen-bond acceptors (Lipinski definition) is 2. The molecule has 0 aliphatic carbocycles. The van der Waals surface area contributed by atoms with Crippen molar-refractivity contribution >= 4 is 5.78 Å². The summed E-state index contributed by atoms with van der Waals surface area (Å²) in [5.41, 5.74) is 1.41. The largest absolute Gasteiger partial charge is 0.486 e. The monoisotopic (exact) mass is 236 g/mol. The van der Waals surface area contributed by atoms with Crippen LogP contribution in [0.15, 0.2) is 24.3 Å². The highest BCUT2D eigenvalue weighted by molar-refractivity contribution is 5.77. The molecular formula is C15H24O2. The molecule has 0 amide bonds. The lowest BCUT2D eigenvalue weighted by Gasteiger charge is -2.19. The van der Waals surface area contributed by atoms with E-state index in [1.54, 1.807) is 0 Å². The summed E-state index contributed by atoms with van der Waals surface area (Å²) < 4.78 is 5.29. The number of Topliss-reactive ketones (excluding diaryl/α,β-unsaturated/α-hetero) is 1. The number of rotatable bonds is 3. The molecule has 0 bridgehead atoms. The van der Waals surface area contributed by atoms with Crippen LogP contribution < -0.4 is 4.74 Å². The Morgan fingerprint density at radius 1 is 1.12 bits per heavy atom. The second-order valence-electron chi connectivity index (χ2n) is 4.77. The maximum absolute atomic E-state index is 10.7. The molecule has 0 N–H and O–H groups in total. The predicted octanol–water partition coefficient (Wildman–Crippen LogP) is 3.98. The first kappa shape index (κ1) is 15.7. The molecule has 0 heterocycles. The second-order valence-corrected chi connectivity index (χ2v) is 4.77. The fraction of sp³-hybridized carbons (Fsp3) is 0.533. The van der Waals surface area contributed by atoms with E-state index in [0.29, 0.717) is 0 Å². The zero-order chi connectivity index (χ0) is 13.5. The number of carbonyl (C=O) groups is 1. The topological polar surface area (TPSA) is 26.3 Å². The molecule has 0 unspecified atom stereocenters. The van der Waals surface area contributed by atoms with Gasteiger partial charge >= 0.3 is 0 Å². The van der Waals surface area contributed by atoms with Crippen LogP contribution >= 0.6 is 0 Å². The van der Waals surface area contributed by atoms with Gasteiger partial charge in [-0.25, -0.2) is 0 Å². The van der Waals surface area contributed by atoms with Crippen LogP contribution in [0, 0.1) is 0 Å². The lowest BCUT2D eigenvalue weighted by Crippen LogP contribution is -2.11. The first-order valence-electron chi connectivity index (χ1n) is 6.12. The molecule has 0 aliphatic rings. The van der Waals surface area contributed by atoms with E-state index < -0.39 is 0 Å². The molecule has 0 saturated carbocycles. The molecule has 1 aromatic rings. The highest BCUT2D eigenvalue weighted by Crippen LogP contribution is 2.24. The van der Waals surface area contributed by atoms with Crippen LogP contribution in [-0.2, 0) is 10.2 Å². The van der Waals surface area contributed by atoms with E-state index in [9.17, 15) is 4.79 Å². The van der Waals surface area contributed by atoms with Gasteiger partial charge in [-0.15, -0.1) is 0 Å². The summed E-state index contributed by atoms with van der Waals surface area (Å²) in [6, 6.07) is 7.89. The smallest absolute Gasteiger partial charge is 0.167 e. The Bertz CT molecular complexity index is 331. The molecule has 0 radical (unpaired) electrons. The van der Waals surface area contributed by atoms with Gasteiger partial charge in [-0.3, -0.25) is 4.79 Å². The van der Waals surface area contributed by atoms with Gasteiger partial charge in [0.1, 0.15) is 12.4 Å². The van der Waals surface area contributed by atoms with E-state index in [-0.39, 0.29) is 17.8 Å². The van der Waals surface area contributed by atoms with Crippen LogP contribution in [0.5, 0.6) is 5.75 Å². The number of ketones is 1. The van der Waals surface area contributed by atoms with Crippen molar-refractivity contribution in [3.63, 3.8) is 0 Å². The lowest BCUT2D eigenvalue weighted by atomic mass is 9.87. The normalized spacial score (nSPS) is 10.2. The van der Waals surface area contributed by atoms with Crippen LogP contribution in [0.25, 0.3) is 0 Å². The van der Waals surface area contributed by atoms with Crippen molar-refractivity contribution in [2.24, 2.45) is 0 Å². The summed E-state index contributed by atoms with van der Waals surface area (Å²) in [5.74, 6) is 0.785. The molecule has 0 saturated heterocycles. The van der Waals surface area contributed by atoms with Crippen molar-refractivity contribution < 1.29 is 9.53 Å². The van der Waals surface area contributed by atoms with Gasteiger partial charge in [0.25, 0.3) is 0 Å². The average molecular weight is 236 g/mol. The van der Waals surface area contributed by atoms with Gasteiger partial charge in [0.15, 0.2) is 5.78 Å². The molecule has 0 spiro atoms. The number of benzene rings is 1. The summed E-state index contributed by atoms with van der Waals surface area (Å²) >= 11 is 0. The lowest BCUT2D eigenvalue weighted by molar-refractivity contribution is -0.118. The maximum atomic E-state index is 10.7. The van der Waals surface area contributed by atoms with Crippen molar-refractivity contribution in [1.29, 1.82) is 0 Å². The highest BCUT2D eigenvalue weighted by Gasteiger charge is 2.12. The third-order valence-corrected chi connectivity index (χ3v) is 2.16. The molecule has 0 aromatic heterocycles. The third kappa shape index (κ3) is 6.10. The second kappa shape index (κ2) is 7.10. The van der Waals surface area contributed by atoms with Crippen molar-refractivity contribution in [3.8, 4) is 5.75 Å². The molecule has 96 valence electrons. The Hall–Kier alpha value is -1.31. The number of ether oxygens (including phenoxy) is 1. The first-order chi connectivity index (χ1) is 7.89. The Morgan fingerprint density at radius 2 is 1.59 bits per heavy atom. The van der Waals surface area contributed by atoms with Crippen LogP contribution in [0.4, 0.5) is 0 Å². The SMILES string of the molecule is CC.CC(=O)COc1ccc(C(C)(C)C)cc1. The van der Waals surface area contributed by atoms with E-state index in [1.807, 2.05) is 38.1 Å². The van der Waals surface area contributed by atoms with Crippen molar-refractivity contribution in [2.75, 3.05) is 6.61 Å². The predicted molar refractivity (Wildman–Crippen MR) is 72.7 cm³/mol. The molecule has 1 rings (SSSR count). The van der Waals surface area contributed by atoms with Crippen molar-refractivity contribution in [3.05, 3.63) is 29.8 Å². The summed E-state index contributed by atoms with van der Waals surface area (Å²) in [7, 11) is 0. The minimum Gasteiger partial charge on any atom is -0.486 e. The zero-order valence-electron chi connectivity index (χ0n) is 11.8. The minimum atomic E-state index is 0.0369. The molecule has 0 aliphatic heterocycles. The molecule has 0 atom stereocenters. The molecule has 17 heavy (non-hydrogen) atoms. The fourth-order valence-corrected chi connectivity index (χ4v) is 1.24. The first-order valence-corrected chi connectivity index (χ1v) is 6.12. The van der Waals surface area contributed by atoms with E-state index >= 15 is 0 Å².